The van der Waals surface area contributed by atoms with Crippen LogP contribution in [0, 0.1) is 6.92 Å². The molecule has 1 N–H and O–H groups in total. The van der Waals surface area contributed by atoms with Crippen molar-refractivity contribution in [2.45, 2.75) is 25.6 Å². The first kappa shape index (κ1) is 13.0. The number of hydrogen-bond acceptors (Lipinski definition) is 3. The summed E-state index contributed by atoms with van der Waals surface area (Å²) in [6.45, 7) is 1.97. The van der Waals surface area contributed by atoms with Crippen molar-refractivity contribution in [1.82, 2.24) is 0 Å². The molecular weight excluding hydrogens is 252 g/mol. The van der Waals surface area contributed by atoms with Gasteiger partial charge in [-0.05, 0) is 41.8 Å². The van der Waals surface area contributed by atoms with Crippen LogP contribution in [0.1, 0.15) is 22.8 Å². The number of rotatable bonds is 3. The number of para-hydroxylation sites is 1. The Balaban J connectivity index is 1.81. The molecule has 2 atom stereocenters. The van der Waals surface area contributed by atoms with Gasteiger partial charge in [-0.2, -0.15) is 0 Å². The van der Waals surface area contributed by atoms with Crippen molar-refractivity contribution in [1.29, 1.82) is 0 Å². The second-order valence-electron chi connectivity index (χ2n) is 5.14. The van der Waals surface area contributed by atoms with E-state index in [1.54, 1.807) is 7.11 Å². The first-order valence-electron chi connectivity index (χ1n) is 6.76. The molecule has 0 saturated carbocycles. The highest BCUT2D eigenvalue weighted by atomic mass is 16.5. The first-order chi connectivity index (χ1) is 9.69. The predicted molar refractivity (Wildman–Crippen MR) is 77.3 cm³/mol. The fourth-order valence-electron chi connectivity index (χ4n) is 2.69. The van der Waals surface area contributed by atoms with Crippen LogP contribution in [0.15, 0.2) is 42.5 Å². The number of hydrogen-bond donors (Lipinski definition) is 1. The van der Waals surface area contributed by atoms with E-state index in [0.29, 0.717) is 0 Å². The lowest BCUT2D eigenvalue weighted by Gasteiger charge is -2.19. The lowest BCUT2D eigenvalue weighted by Crippen LogP contribution is -2.23. The van der Waals surface area contributed by atoms with Crippen LogP contribution in [-0.2, 0) is 6.42 Å². The molecule has 1 aliphatic heterocycles. The van der Waals surface area contributed by atoms with Gasteiger partial charge in [0.25, 0.3) is 0 Å². The number of benzene rings is 2. The van der Waals surface area contributed by atoms with Crippen molar-refractivity contribution in [3.8, 4) is 11.5 Å². The maximum atomic E-state index is 10.5. The summed E-state index contributed by atoms with van der Waals surface area (Å²) in [5, 5.41) is 10.5. The molecule has 2 aromatic carbocycles. The fraction of sp³-hybridized carbons (Fsp3) is 0.294. The summed E-state index contributed by atoms with van der Waals surface area (Å²) in [7, 11) is 1.65. The Morgan fingerprint density at radius 2 is 2.05 bits per heavy atom. The van der Waals surface area contributed by atoms with E-state index in [-0.39, 0.29) is 6.10 Å². The zero-order chi connectivity index (χ0) is 14.1. The monoisotopic (exact) mass is 270 g/mol. The summed E-state index contributed by atoms with van der Waals surface area (Å²) in [4.78, 5) is 0. The summed E-state index contributed by atoms with van der Waals surface area (Å²) in [5.74, 6) is 1.71. The van der Waals surface area contributed by atoms with Crippen LogP contribution in [0.5, 0.6) is 11.5 Å². The number of fused-ring (bicyclic) bond motifs is 1. The average Bonchev–Trinajstić information content (AvgIpc) is 2.90. The van der Waals surface area contributed by atoms with E-state index in [4.69, 9.17) is 9.47 Å². The zero-order valence-corrected chi connectivity index (χ0v) is 11.7. The minimum atomic E-state index is -0.632. The smallest absolute Gasteiger partial charge is 0.133 e. The molecule has 20 heavy (non-hydrogen) atoms. The van der Waals surface area contributed by atoms with Crippen molar-refractivity contribution in [3.63, 3.8) is 0 Å². The Labute approximate surface area is 118 Å². The van der Waals surface area contributed by atoms with Gasteiger partial charge in [-0.25, -0.2) is 0 Å². The maximum Gasteiger partial charge on any atom is 0.133 e. The Morgan fingerprint density at radius 3 is 2.75 bits per heavy atom. The molecule has 0 spiro atoms. The Hall–Kier alpha value is -2.00. The standard InChI is InChI=1S/C17H18O3/c1-11-9-13(7-8-14(11)19-2)17(18)16-10-12-5-3-4-6-15(12)20-16/h3-9,16-18H,10H2,1-2H3. The summed E-state index contributed by atoms with van der Waals surface area (Å²) >= 11 is 0. The molecule has 0 aliphatic carbocycles. The van der Waals surface area contributed by atoms with Gasteiger partial charge in [-0.3, -0.25) is 0 Å². The highest BCUT2D eigenvalue weighted by Crippen LogP contribution is 2.34. The van der Waals surface area contributed by atoms with Crippen LogP contribution in [0.3, 0.4) is 0 Å². The Bertz CT molecular complexity index is 596. The van der Waals surface area contributed by atoms with Crippen LogP contribution >= 0.6 is 0 Å². The van der Waals surface area contributed by atoms with Gasteiger partial charge in [-0.1, -0.05) is 24.3 Å². The lowest BCUT2D eigenvalue weighted by molar-refractivity contribution is 0.0491. The van der Waals surface area contributed by atoms with Gasteiger partial charge in [-0.15, -0.1) is 0 Å². The SMILES string of the molecule is COc1ccc(C(O)C2Cc3ccccc3O2)cc1C. The molecule has 104 valence electrons. The van der Waals surface area contributed by atoms with Gasteiger partial charge in [0.15, 0.2) is 0 Å². The van der Waals surface area contributed by atoms with Crippen LogP contribution in [0.25, 0.3) is 0 Å². The molecule has 2 aromatic rings. The summed E-state index contributed by atoms with van der Waals surface area (Å²) < 4.78 is 11.1. The van der Waals surface area contributed by atoms with E-state index in [1.807, 2.05) is 49.4 Å². The molecular formula is C17H18O3. The van der Waals surface area contributed by atoms with Crippen LogP contribution in [0.2, 0.25) is 0 Å². The van der Waals surface area contributed by atoms with E-state index < -0.39 is 6.10 Å². The number of methoxy groups -OCH3 is 1. The van der Waals surface area contributed by atoms with E-state index >= 15 is 0 Å². The van der Waals surface area contributed by atoms with Crippen LogP contribution in [-0.4, -0.2) is 18.3 Å². The highest BCUT2D eigenvalue weighted by molar-refractivity contribution is 5.40. The molecule has 1 aliphatic rings. The van der Waals surface area contributed by atoms with E-state index in [1.165, 1.54) is 0 Å². The second kappa shape index (κ2) is 5.17. The molecule has 0 saturated heterocycles. The quantitative estimate of drug-likeness (QED) is 0.931. The highest BCUT2D eigenvalue weighted by Gasteiger charge is 2.30. The van der Waals surface area contributed by atoms with Crippen molar-refractivity contribution < 1.29 is 14.6 Å². The number of aliphatic hydroxyl groups is 1. The second-order valence-corrected chi connectivity index (χ2v) is 5.14. The molecule has 0 amide bonds. The molecule has 0 aromatic heterocycles. The van der Waals surface area contributed by atoms with Crippen molar-refractivity contribution in [2.75, 3.05) is 7.11 Å². The third-order valence-corrected chi connectivity index (χ3v) is 3.78. The van der Waals surface area contributed by atoms with Gasteiger partial charge in [0.05, 0.1) is 7.11 Å². The summed E-state index contributed by atoms with van der Waals surface area (Å²) in [5.41, 5.74) is 3.03. The maximum absolute atomic E-state index is 10.5. The number of aliphatic hydroxyl groups excluding tert-OH is 1. The molecule has 2 unspecified atom stereocenters. The zero-order valence-electron chi connectivity index (χ0n) is 11.7. The Morgan fingerprint density at radius 1 is 1.25 bits per heavy atom. The fourth-order valence-corrected chi connectivity index (χ4v) is 2.69. The minimum Gasteiger partial charge on any atom is -0.496 e. The molecule has 0 bridgehead atoms. The van der Waals surface area contributed by atoms with Gasteiger partial charge < -0.3 is 14.6 Å². The molecule has 3 heteroatoms. The van der Waals surface area contributed by atoms with Gasteiger partial charge >= 0.3 is 0 Å². The van der Waals surface area contributed by atoms with Crippen LogP contribution in [0.4, 0.5) is 0 Å². The first-order valence-corrected chi connectivity index (χ1v) is 6.76. The lowest BCUT2D eigenvalue weighted by atomic mass is 9.99. The summed E-state index contributed by atoms with van der Waals surface area (Å²) in [6, 6.07) is 13.7. The van der Waals surface area contributed by atoms with Gasteiger partial charge in [0, 0.05) is 6.42 Å². The molecule has 1 heterocycles. The van der Waals surface area contributed by atoms with E-state index in [9.17, 15) is 5.11 Å². The molecule has 3 nitrogen and oxygen atoms in total. The summed E-state index contributed by atoms with van der Waals surface area (Å²) in [6.07, 6.45) is -0.116. The predicted octanol–water partition coefficient (Wildman–Crippen LogP) is 3.04. The van der Waals surface area contributed by atoms with Crippen molar-refractivity contribution in [2.24, 2.45) is 0 Å². The topological polar surface area (TPSA) is 38.7 Å². The molecule has 0 fully saturated rings. The Kier molecular flexibility index (Phi) is 3.36. The third kappa shape index (κ3) is 2.25. The van der Waals surface area contributed by atoms with E-state index in [2.05, 4.69) is 0 Å². The van der Waals surface area contributed by atoms with E-state index in [0.717, 1.165) is 34.6 Å². The van der Waals surface area contributed by atoms with Crippen LogP contribution < -0.4 is 9.47 Å². The largest absolute Gasteiger partial charge is 0.496 e. The van der Waals surface area contributed by atoms with Crippen molar-refractivity contribution in [3.05, 3.63) is 59.2 Å². The number of aryl methyl sites for hydroxylation is 1. The van der Waals surface area contributed by atoms with Crippen molar-refractivity contribution >= 4 is 0 Å². The third-order valence-electron chi connectivity index (χ3n) is 3.78. The average molecular weight is 270 g/mol. The minimum absolute atomic E-state index is 0.222. The van der Waals surface area contributed by atoms with Gasteiger partial charge in [0.1, 0.15) is 23.7 Å². The molecule has 3 rings (SSSR count). The number of ether oxygens (including phenoxy) is 2. The normalized spacial score (nSPS) is 18.2. The van der Waals surface area contributed by atoms with Gasteiger partial charge in [0.2, 0.25) is 0 Å². The molecule has 0 radical (unpaired) electrons.